The van der Waals surface area contributed by atoms with Crippen LogP contribution < -0.4 is 11.0 Å². The van der Waals surface area contributed by atoms with Crippen molar-refractivity contribution in [2.75, 3.05) is 34.3 Å². The van der Waals surface area contributed by atoms with Crippen molar-refractivity contribution in [2.45, 2.75) is 0 Å². The molecule has 0 unspecified atom stereocenters. The smallest absolute Gasteiger partial charge is 0.292 e. The second kappa shape index (κ2) is 6.99. The van der Waals surface area contributed by atoms with E-state index in [0.717, 1.165) is 23.2 Å². The standard InChI is InChI=1S/C11H6FN3O3.C5H14NO/c12-7-2-5-1-6-4-13-14-11(17)10(6)15(18)8(5)3-9(7)16;1-6(2,3)4-5-7/h1-4,18H,(H,14,17);7H,4-5H2,1-3H3/q;+1. The van der Waals surface area contributed by atoms with Gasteiger partial charge in [-0.05, 0) is 12.1 Å². The van der Waals surface area contributed by atoms with Gasteiger partial charge in [0.25, 0.3) is 5.56 Å². The zero-order valence-electron chi connectivity index (χ0n) is 14.2. The summed E-state index contributed by atoms with van der Waals surface area (Å²) in [6, 6.07) is 3.41. The van der Waals surface area contributed by atoms with Crippen molar-refractivity contribution in [2.24, 2.45) is 0 Å². The molecule has 2 heterocycles. The lowest BCUT2D eigenvalue weighted by Gasteiger charge is -2.21. The van der Waals surface area contributed by atoms with Crippen LogP contribution in [0.4, 0.5) is 4.39 Å². The van der Waals surface area contributed by atoms with Gasteiger partial charge in [-0.3, -0.25) is 9.59 Å². The first-order valence-electron chi connectivity index (χ1n) is 7.47. The Labute approximate surface area is 142 Å². The zero-order valence-corrected chi connectivity index (χ0v) is 14.2. The van der Waals surface area contributed by atoms with Gasteiger partial charge >= 0.3 is 0 Å². The van der Waals surface area contributed by atoms with Gasteiger partial charge in [0.05, 0.1) is 39.6 Å². The first kappa shape index (κ1) is 18.6. The lowest BCUT2D eigenvalue weighted by atomic mass is 10.1. The van der Waals surface area contributed by atoms with Crippen molar-refractivity contribution in [3.05, 3.63) is 50.8 Å². The van der Waals surface area contributed by atoms with Crippen LogP contribution in [0, 0.1) is 5.82 Å². The minimum absolute atomic E-state index is 0.0523. The van der Waals surface area contributed by atoms with Crippen LogP contribution in [-0.4, -0.2) is 64.0 Å². The van der Waals surface area contributed by atoms with E-state index in [1.54, 1.807) is 0 Å². The Morgan fingerprint density at radius 3 is 2.48 bits per heavy atom. The van der Waals surface area contributed by atoms with E-state index in [9.17, 15) is 19.2 Å². The molecule has 1 aliphatic heterocycles. The predicted molar refractivity (Wildman–Crippen MR) is 90.4 cm³/mol. The zero-order chi connectivity index (χ0) is 18.8. The van der Waals surface area contributed by atoms with Gasteiger partial charge in [-0.25, -0.2) is 9.49 Å². The molecule has 2 aliphatic rings. The van der Waals surface area contributed by atoms with E-state index in [4.69, 9.17) is 5.11 Å². The van der Waals surface area contributed by atoms with Crippen LogP contribution in [0.5, 0.6) is 0 Å². The second-order valence-electron chi connectivity index (χ2n) is 6.54. The number of aliphatic hydroxyl groups is 1. The Balaban J connectivity index is 0.000000277. The van der Waals surface area contributed by atoms with Crippen molar-refractivity contribution >= 4 is 10.9 Å². The minimum Gasteiger partial charge on any atom is -0.428 e. The van der Waals surface area contributed by atoms with E-state index in [2.05, 4.69) is 31.3 Å². The number of hydrogen-bond donors (Lipinski definition) is 3. The lowest BCUT2D eigenvalue weighted by molar-refractivity contribution is -0.870. The molecule has 0 saturated heterocycles. The first-order valence-corrected chi connectivity index (χ1v) is 7.47. The van der Waals surface area contributed by atoms with Gasteiger partial charge in [0.1, 0.15) is 6.54 Å². The number of hydrogen-bond acceptors (Lipinski definition) is 5. The quantitative estimate of drug-likeness (QED) is 0.348. The number of nitrogens with zero attached hydrogens (tertiary/aromatic N) is 3. The molecule has 0 spiro atoms. The summed E-state index contributed by atoms with van der Waals surface area (Å²) in [5.41, 5.74) is -1.15. The Kier molecular flexibility index (Phi) is 5.19. The molecule has 1 aromatic heterocycles. The predicted octanol–water partition coefficient (Wildman–Crippen LogP) is 0.251. The number of aliphatic hydroxyl groups excluding tert-OH is 1. The highest BCUT2D eigenvalue weighted by Gasteiger charge is 2.15. The monoisotopic (exact) mass is 351 g/mol. The average Bonchev–Trinajstić information content (AvgIpc) is 2.49. The summed E-state index contributed by atoms with van der Waals surface area (Å²) >= 11 is 0. The van der Waals surface area contributed by atoms with E-state index < -0.39 is 16.8 Å². The number of nitrogens with one attached hydrogen (secondary N) is 1. The summed E-state index contributed by atoms with van der Waals surface area (Å²) < 4.78 is 14.6. The fourth-order valence-corrected chi connectivity index (χ4v) is 2.17. The Morgan fingerprint density at radius 1 is 1.24 bits per heavy atom. The van der Waals surface area contributed by atoms with Gasteiger partial charge in [-0.2, -0.15) is 9.83 Å². The molecule has 0 atom stereocenters. The fourth-order valence-electron chi connectivity index (χ4n) is 2.17. The molecule has 0 bridgehead atoms. The molecule has 3 rings (SSSR count). The minimum atomic E-state index is -0.917. The maximum atomic E-state index is 13.2. The van der Waals surface area contributed by atoms with Gasteiger partial charge in [-0.15, -0.1) is 0 Å². The molecule has 0 amide bonds. The highest BCUT2D eigenvalue weighted by Crippen LogP contribution is 2.24. The van der Waals surface area contributed by atoms with Crippen LogP contribution in [0.15, 0.2) is 34.0 Å². The number of aromatic nitrogens is 3. The van der Waals surface area contributed by atoms with Crippen LogP contribution in [0.2, 0.25) is 0 Å². The summed E-state index contributed by atoms with van der Waals surface area (Å²) in [6.45, 7) is 1.11. The van der Waals surface area contributed by atoms with Crippen molar-refractivity contribution < 1.29 is 19.2 Å². The number of halogens is 1. The summed E-state index contributed by atoms with van der Waals surface area (Å²) in [5, 5.41) is 24.4. The van der Waals surface area contributed by atoms with Crippen LogP contribution in [-0.2, 0) is 0 Å². The molecule has 0 fully saturated rings. The third-order valence-corrected chi connectivity index (χ3v) is 3.46. The van der Waals surface area contributed by atoms with Gasteiger partial charge in [0.15, 0.2) is 11.3 Å². The molecule has 3 N–H and O–H groups in total. The van der Waals surface area contributed by atoms with Gasteiger partial charge in [0.2, 0.25) is 5.43 Å². The molecule has 9 heteroatoms. The van der Waals surface area contributed by atoms with Crippen LogP contribution in [0.1, 0.15) is 0 Å². The van der Waals surface area contributed by atoms with E-state index in [-0.39, 0.29) is 17.8 Å². The van der Waals surface area contributed by atoms with E-state index in [0.29, 0.717) is 15.7 Å². The number of rotatable bonds is 2. The molecule has 0 radical (unpaired) electrons. The maximum Gasteiger partial charge on any atom is 0.292 e. The molecule has 0 aromatic carbocycles. The Morgan fingerprint density at radius 2 is 1.92 bits per heavy atom. The van der Waals surface area contributed by atoms with Gasteiger partial charge in [0, 0.05) is 17.0 Å². The fraction of sp³-hybridized carbons (Fsp3) is 0.312. The van der Waals surface area contributed by atoms with Crippen LogP contribution >= 0.6 is 0 Å². The molecule has 1 aliphatic carbocycles. The molecular formula is C16H20FN4O4+. The van der Waals surface area contributed by atoms with Crippen LogP contribution in [0.25, 0.3) is 22.2 Å². The molecule has 8 nitrogen and oxygen atoms in total. The summed E-state index contributed by atoms with van der Waals surface area (Å²) in [5.74, 6) is -0.917. The van der Waals surface area contributed by atoms with Gasteiger partial charge < -0.3 is 14.8 Å². The number of likely N-dealkylation sites (N-methyl/N-ethyl adjacent to an activating group) is 1. The maximum absolute atomic E-state index is 13.2. The van der Waals surface area contributed by atoms with E-state index in [1.165, 1.54) is 12.3 Å². The molecule has 134 valence electrons. The average molecular weight is 351 g/mol. The highest BCUT2D eigenvalue weighted by atomic mass is 19.1. The third kappa shape index (κ3) is 4.20. The Hall–Kier alpha value is -2.78. The van der Waals surface area contributed by atoms with Crippen molar-refractivity contribution in [1.29, 1.82) is 0 Å². The molecular weight excluding hydrogens is 331 g/mol. The number of pyridine rings is 1. The van der Waals surface area contributed by atoms with E-state index >= 15 is 0 Å². The topological polar surface area (TPSA) is 108 Å². The summed E-state index contributed by atoms with van der Waals surface area (Å²) in [4.78, 5) is 22.8. The Bertz CT molecular complexity index is 975. The number of H-pyrrole nitrogens is 1. The number of fused-ring (bicyclic) bond motifs is 2. The second-order valence-corrected chi connectivity index (χ2v) is 6.54. The highest BCUT2D eigenvalue weighted by molar-refractivity contribution is 5.84. The SMILES string of the molecule is C[N+](C)(C)CCO.O=c1cc2n(O)c3c(=O)[nH]ncc3cc-2cc1F. The molecule has 1 aromatic rings. The van der Waals surface area contributed by atoms with Crippen molar-refractivity contribution in [1.82, 2.24) is 14.9 Å². The lowest BCUT2D eigenvalue weighted by Crippen LogP contribution is -2.36. The normalized spacial score (nSPS) is 11.4. The summed E-state index contributed by atoms with van der Waals surface area (Å²) in [7, 11) is 6.16. The first-order chi connectivity index (χ1) is 11.6. The van der Waals surface area contributed by atoms with Crippen molar-refractivity contribution in [3.63, 3.8) is 0 Å². The van der Waals surface area contributed by atoms with Crippen LogP contribution in [0.3, 0.4) is 0 Å². The third-order valence-electron chi connectivity index (χ3n) is 3.46. The number of benzene rings is 1. The number of quaternary nitrogens is 1. The van der Waals surface area contributed by atoms with Gasteiger partial charge in [-0.1, -0.05) is 0 Å². The molecule has 0 saturated carbocycles. The number of aromatic amines is 1. The summed E-state index contributed by atoms with van der Waals surface area (Å²) in [6.07, 6.45) is 1.33. The van der Waals surface area contributed by atoms with Crippen molar-refractivity contribution in [3.8, 4) is 11.3 Å². The van der Waals surface area contributed by atoms with E-state index in [1.807, 2.05) is 0 Å². The molecule has 25 heavy (non-hydrogen) atoms. The largest absolute Gasteiger partial charge is 0.428 e.